The van der Waals surface area contributed by atoms with Crippen LogP contribution >= 0.6 is 0 Å². The Labute approximate surface area is 204 Å². The highest BCUT2D eigenvalue weighted by molar-refractivity contribution is 6.44. The molecule has 0 unspecified atom stereocenters. The second-order valence-electron chi connectivity index (χ2n) is 9.89. The van der Waals surface area contributed by atoms with E-state index in [9.17, 15) is 32.3 Å². The third-order valence-electron chi connectivity index (χ3n) is 7.60. The molecule has 0 bridgehead atoms. The third-order valence-corrected chi connectivity index (χ3v) is 7.60. The number of carbonyl (C=O) groups excluding carboxylic acids is 4. The first-order chi connectivity index (χ1) is 17.0. The summed E-state index contributed by atoms with van der Waals surface area (Å²) < 4.78 is 42.4. The molecular formula is C25H25F3N4O4. The number of anilines is 1. The van der Waals surface area contributed by atoms with Crippen LogP contribution in [-0.2, 0) is 16.0 Å². The van der Waals surface area contributed by atoms with Gasteiger partial charge in [-0.05, 0) is 61.9 Å². The van der Waals surface area contributed by atoms with Crippen LogP contribution < -0.4 is 16.0 Å². The molecule has 1 aliphatic heterocycles. The quantitative estimate of drug-likeness (QED) is 0.417. The van der Waals surface area contributed by atoms with Crippen molar-refractivity contribution in [2.75, 3.05) is 12.4 Å². The molecule has 2 saturated carbocycles. The molecule has 8 nitrogen and oxygen atoms in total. The number of aromatic nitrogens is 1. The number of alkyl halides is 2. The smallest absolute Gasteiger partial charge is 0.293 e. The predicted molar refractivity (Wildman–Crippen MR) is 122 cm³/mol. The number of likely N-dealkylation sites (N-methyl/N-ethyl adjacent to an activating group) is 1. The Morgan fingerprint density at radius 3 is 2.28 bits per heavy atom. The zero-order chi connectivity index (χ0) is 26.0. The van der Waals surface area contributed by atoms with Gasteiger partial charge in [-0.15, -0.1) is 0 Å². The van der Waals surface area contributed by atoms with Gasteiger partial charge >= 0.3 is 0 Å². The number of nitrogens with one attached hydrogen (secondary N) is 3. The SMILES string of the molecule is CNC(=O)C1(NC(=O)C(=O)c2c(C)c(C(=O)Nc3ccc(F)cc3)n3c2C[C@@H]2CC[C@H]23)CC(F)(F)C1. The first-order valence-corrected chi connectivity index (χ1v) is 11.7. The van der Waals surface area contributed by atoms with Gasteiger partial charge < -0.3 is 20.5 Å². The van der Waals surface area contributed by atoms with Crippen molar-refractivity contribution in [3.63, 3.8) is 0 Å². The van der Waals surface area contributed by atoms with Gasteiger partial charge in [0.15, 0.2) is 0 Å². The maximum Gasteiger partial charge on any atom is 0.293 e. The Morgan fingerprint density at radius 1 is 1.06 bits per heavy atom. The van der Waals surface area contributed by atoms with E-state index in [0.717, 1.165) is 12.8 Å². The maximum atomic E-state index is 13.6. The number of benzene rings is 1. The lowest BCUT2D eigenvalue weighted by molar-refractivity contribution is -0.164. The zero-order valence-corrected chi connectivity index (χ0v) is 19.7. The number of ketones is 1. The Hall–Kier alpha value is -3.63. The van der Waals surface area contributed by atoms with Gasteiger partial charge in [0.2, 0.25) is 5.91 Å². The lowest BCUT2D eigenvalue weighted by Crippen LogP contribution is -2.69. The molecule has 0 radical (unpaired) electrons. The minimum absolute atomic E-state index is 0.0137. The first kappa shape index (κ1) is 24.1. The van der Waals surface area contributed by atoms with Crippen LogP contribution in [0, 0.1) is 18.7 Å². The maximum absolute atomic E-state index is 13.6. The van der Waals surface area contributed by atoms with E-state index in [1.54, 1.807) is 11.5 Å². The molecule has 3 N–H and O–H groups in total. The van der Waals surface area contributed by atoms with E-state index < -0.39 is 53.6 Å². The van der Waals surface area contributed by atoms with Crippen LogP contribution in [-0.4, -0.2) is 46.6 Å². The Bertz CT molecular complexity index is 1290. The average Bonchev–Trinajstić information content (AvgIpc) is 3.19. The number of rotatable bonds is 6. The van der Waals surface area contributed by atoms with Crippen LogP contribution in [0.2, 0.25) is 0 Å². The van der Waals surface area contributed by atoms with E-state index in [4.69, 9.17) is 0 Å². The molecule has 2 atom stereocenters. The molecule has 36 heavy (non-hydrogen) atoms. The van der Waals surface area contributed by atoms with Gasteiger partial charge in [0.05, 0.1) is 5.56 Å². The van der Waals surface area contributed by atoms with Crippen molar-refractivity contribution in [1.82, 2.24) is 15.2 Å². The van der Waals surface area contributed by atoms with E-state index in [2.05, 4.69) is 16.0 Å². The van der Waals surface area contributed by atoms with E-state index >= 15 is 0 Å². The zero-order valence-electron chi connectivity index (χ0n) is 19.7. The summed E-state index contributed by atoms with van der Waals surface area (Å²) in [5.74, 6) is -6.80. The number of amides is 3. The van der Waals surface area contributed by atoms with Crippen LogP contribution in [0.4, 0.5) is 18.9 Å². The van der Waals surface area contributed by atoms with Crippen LogP contribution in [0.25, 0.3) is 0 Å². The highest BCUT2D eigenvalue weighted by Gasteiger charge is 2.62. The number of hydrogen-bond acceptors (Lipinski definition) is 4. The van der Waals surface area contributed by atoms with Crippen molar-refractivity contribution in [2.45, 2.75) is 56.5 Å². The molecule has 1 aromatic carbocycles. The van der Waals surface area contributed by atoms with Crippen LogP contribution in [0.15, 0.2) is 24.3 Å². The second-order valence-corrected chi connectivity index (χ2v) is 9.89. The third kappa shape index (κ3) is 3.68. The number of halogens is 3. The van der Waals surface area contributed by atoms with Crippen LogP contribution in [0.1, 0.15) is 63.8 Å². The monoisotopic (exact) mass is 502 g/mol. The Morgan fingerprint density at radius 2 is 1.72 bits per heavy atom. The summed E-state index contributed by atoms with van der Waals surface area (Å²) in [6.07, 6.45) is 0.431. The second kappa shape index (κ2) is 8.21. The molecule has 1 aromatic heterocycles. The Balaban J connectivity index is 1.47. The van der Waals surface area contributed by atoms with Gasteiger partial charge in [0.1, 0.15) is 17.1 Å². The predicted octanol–water partition coefficient (Wildman–Crippen LogP) is 2.91. The van der Waals surface area contributed by atoms with Gasteiger partial charge in [-0.3, -0.25) is 19.2 Å². The van der Waals surface area contributed by atoms with Crippen molar-refractivity contribution >= 4 is 29.2 Å². The summed E-state index contributed by atoms with van der Waals surface area (Å²) in [6, 6.07) is 5.25. The minimum Gasteiger partial charge on any atom is -0.357 e. The topological polar surface area (TPSA) is 109 Å². The molecule has 11 heteroatoms. The summed E-state index contributed by atoms with van der Waals surface area (Å²) in [5.41, 5.74) is -0.369. The number of hydrogen-bond donors (Lipinski definition) is 3. The van der Waals surface area contributed by atoms with Crippen molar-refractivity contribution in [3.05, 3.63) is 52.6 Å². The number of fused-ring (bicyclic) bond motifs is 3. The largest absolute Gasteiger partial charge is 0.357 e. The molecular weight excluding hydrogens is 477 g/mol. The highest BCUT2D eigenvalue weighted by atomic mass is 19.3. The van der Waals surface area contributed by atoms with E-state index in [-0.39, 0.29) is 23.2 Å². The van der Waals surface area contributed by atoms with Gasteiger partial charge in [0, 0.05) is 37.3 Å². The van der Waals surface area contributed by atoms with Crippen molar-refractivity contribution in [2.24, 2.45) is 5.92 Å². The molecule has 0 spiro atoms. The Kier molecular flexibility index (Phi) is 5.49. The van der Waals surface area contributed by atoms with Crippen LogP contribution in [0.5, 0.6) is 0 Å². The van der Waals surface area contributed by atoms with Gasteiger partial charge in [-0.25, -0.2) is 13.2 Å². The fraction of sp³-hybridized carbons (Fsp3) is 0.440. The van der Waals surface area contributed by atoms with Crippen LogP contribution in [0.3, 0.4) is 0 Å². The van der Waals surface area contributed by atoms with E-state index in [1.807, 2.05) is 0 Å². The fourth-order valence-electron chi connectivity index (χ4n) is 5.78. The molecule has 2 heterocycles. The van der Waals surface area contributed by atoms with Crippen molar-refractivity contribution < 1.29 is 32.3 Å². The minimum atomic E-state index is -3.12. The molecule has 3 aliphatic rings. The van der Waals surface area contributed by atoms with E-state index in [1.165, 1.54) is 31.3 Å². The summed E-state index contributed by atoms with van der Waals surface area (Å²) in [4.78, 5) is 51.9. The molecule has 2 fully saturated rings. The summed E-state index contributed by atoms with van der Waals surface area (Å²) >= 11 is 0. The first-order valence-electron chi connectivity index (χ1n) is 11.7. The molecule has 190 valence electrons. The number of Topliss-reactive ketones (excluding diaryl/α,β-unsaturated/α-hetero) is 1. The summed E-state index contributed by atoms with van der Waals surface area (Å²) in [6.45, 7) is 1.56. The summed E-state index contributed by atoms with van der Waals surface area (Å²) in [5, 5.41) is 7.23. The number of nitrogens with zero attached hydrogens (tertiary/aromatic N) is 1. The van der Waals surface area contributed by atoms with Gasteiger partial charge in [0.25, 0.3) is 23.5 Å². The molecule has 5 rings (SSSR count). The molecule has 2 aromatic rings. The highest BCUT2D eigenvalue weighted by Crippen LogP contribution is 2.50. The molecule has 2 aliphatic carbocycles. The normalized spacial score (nSPS) is 22.4. The molecule has 3 amide bonds. The lowest BCUT2D eigenvalue weighted by atomic mass is 9.72. The standard InChI is InChI=1S/C25H25F3N4O4/c1-12-18(20(33)22(35)31-24(23(36)29-2)10-25(27,28)11-24)17-9-13-3-8-16(13)32(17)19(12)21(34)30-15-6-4-14(26)5-7-15/h4-7,13,16H,3,8-11H2,1-2H3,(H,29,36)(H,30,34)(H,31,35)/t13-,16+/m0/s1. The van der Waals surface area contributed by atoms with Crippen molar-refractivity contribution in [1.29, 1.82) is 0 Å². The molecule has 0 saturated heterocycles. The fourth-order valence-corrected chi connectivity index (χ4v) is 5.78. The summed E-state index contributed by atoms with van der Waals surface area (Å²) in [7, 11) is 1.27. The van der Waals surface area contributed by atoms with Crippen molar-refractivity contribution in [3.8, 4) is 0 Å². The lowest BCUT2D eigenvalue weighted by Gasteiger charge is -2.45. The van der Waals surface area contributed by atoms with Gasteiger partial charge in [-0.2, -0.15) is 0 Å². The number of carbonyl (C=O) groups is 4. The van der Waals surface area contributed by atoms with Gasteiger partial charge in [-0.1, -0.05) is 0 Å². The average molecular weight is 502 g/mol. The van der Waals surface area contributed by atoms with E-state index in [0.29, 0.717) is 23.4 Å².